The van der Waals surface area contributed by atoms with Crippen molar-refractivity contribution in [2.24, 2.45) is 0 Å². The van der Waals surface area contributed by atoms with Crippen LogP contribution in [0, 0.1) is 0 Å². The Morgan fingerprint density at radius 1 is 1.53 bits per heavy atom. The molecule has 0 aliphatic carbocycles. The van der Waals surface area contributed by atoms with Gasteiger partial charge in [0.2, 0.25) is 0 Å². The Hall–Kier alpha value is -0.540. The quantitative estimate of drug-likeness (QED) is 0.763. The van der Waals surface area contributed by atoms with Crippen LogP contribution in [0.2, 0.25) is 0 Å². The molecule has 1 unspecified atom stereocenters. The highest BCUT2D eigenvalue weighted by Crippen LogP contribution is 2.09. The molecular formula is C11H19ClN2O. The normalized spacial score (nSPS) is 13.4. The van der Waals surface area contributed by atoms with Gasteiger partial charge in [0.25, 0.3) is 0 Å². The largest absolute Gasteiger partial charge is 0.393 e. The van der Waals surface area contributed by atoms with Gasteiger partial charge in [-0.15, -0.1) is 11.6 Å². The molecule has 0 radical (unpaired) electrons. The molecule has 0 spiro atoms. The second kappa shape index (κ2) is 6.13. The zero-order chi connectivity index (χ0) is 11.3. The van der Waals surface area contributed by atoms with Crippen molar-refractivity contribution in [1.29, 1.82) is 0 Å². The average Bonchev–Trinajstić information content (AvgIpc) is 2.63. The summed E-state index contributed by atoms with van der Waals surface area (Å²) in [5.74, 6) is 0.609. The number of halogens is 1. The average molecular weight is 231 g/mol. The minimum atomic E-state index is -0.320. The van der Waals surface area contributed by atoms with E-state index >= 15 is 0 Å². The van der Waals surface area contributed by atoms with E-state index in [-0.39, 0.29) is 6.10 Å². The van der Waals surface area contributed by atoms with E-state index in [1.165, 1.54) is 0 Å². The predicted molar refractivity (Wildman–Crippen MR) is 62.3 cm³/mol. The fourth-order valence-electron chi connectivity index (χ4n) is 1.43. The van der Waals surface area contributed by atoms with E-state index in [1.54, 1.807) is 0 Å². The van der Waals surface area contributed by atoms with Crippen LogP contribution in [0.25, 0.3) is 0 Å². The number of aliphatic hydroxyl groups excluding tert-OH is 1. The third kappa shape index (κ3) is 4.22. The molecule has 0 aliphatic heterocycles. The molecule has 0 aromatic carbocycles. The minimum absolute atomic E-state index is 0.320. The van der Waals surface area contributed by atoms with Crippen molar-refractivity contribution in [2.75, 3.05) is 5.88 Å². The molecule has 1 rings (SSSR count). The molecule has 1 aromatic heterocycles. The first-order valence-electron chi connectivity index (χ1n) is 5.41. The van der Waals surface area contributed by atoms with Gasteiger partial charge in [0, 0.05) is 24.5 Å². The van der Waals surface area contributed by atoms with E-state index in [1.807, 2.05) is 16.9 Å². The Labute approximate surface area is 96.1 Å². The van der Waals surface area contributed by atoms with E-state index in [2.05, 4.69) is 18.9 Å². The summed E-state index contributed by atoms with van der Waals surface area (Å²) >= 11 is 5.56. The van der Waals surface area contributed by atoms with Gasteiger partial charge in [-0.3, -0.25) is 4.68 Å². The highest BCUT2D eigenvalue weighted by molar-refractivity contribution is 6.17. The lowest BCUT2D eigenvalue weighted by molar-refractivity contribution is 0.162. The monoisotopic (exact) mass is 230 g/mol. The fraction of sp³-hybridized carbons (Fsp3) is 0.727. The first kappa shape index (κ1) is 12.5. The molecule has 3 nitrogen and oxygen atoms in total. The Bertz CT molecular complexity index is 286. The second-order valence-electron chi connectivity index (χ2n) is 4.07. The van der Waals surface area contributed by atoms with Crippen molar-refractivity contribution in [3.63, 3.8) is 0 Å². The topological polar surface area (TPSA) is 38.0 Å². The molecule has 0 amide bonds. The van der Waals surface area contributed by atoms with E-state index in [4.69, 9.17) is 11.6 Å². The summed E-state index contributed by atoms with van der Waals surface area (Å²) in [6.45, 7) is 4.17. The van der Waals surface area contributed by atoms with Crippen LogP contribution in [0.15, 0.2) is 12.3 Å². The van der Waals surface area contributed by atoms with Gasteiger partial charge in [0.05, 0.1) is 11.8 Å². The first-order chi connectivity index (χ1) is 7.13. The maximum Gasteiger partial charge on any atom is 0.0650 e. The van der Waals surface area contributed by atoms with Gasteiger partial charge in [-0.1, -0.05) is 0 Å². The predicted octanol–water partition coefficient (Wildman–Crippen LogP) is 2.39. The Morgan fingerprint density at radius 3 is 2.80 bits per heavy atom. The fourth-order valence-corrected chi connectivity index (χ4v) is 1.58. The third-order valence-corrected chi connectivity index (χ3v) is 2.58. The number of nitrogens with zero attached hydrogens (tertiary/aromatic N) is 2. The second-order valence-corrected chi connectivity index (χ2v) is 4.45. The Kier molecular flexibility index (Phi) is 5.12. The third-order valence-electron chi connectivity index (χ3n) is 2.31. The number of hydrogen-bond donors (Lipinski definition) is 1. The lowest BCUT2D eigenvalue weighted by atomic mass is 10.1. The minimum Gasteiger partial charge on any atom is -0.393 e. The molecule has 4 heteroatoms. The standard InChI is InChI=1S/C11H19ClN2O/c1-9(2)14-7-5-10(13-14)8-11(15)4-3-6-12/h5,7,9,11,15H,3-4,6,8H2,1-2H3. The summed E-state index contributed by atoms with van der Waals surface area (Å²) in [7, 11) is 0. The molecule has 1 atom stereocenters. The van der Waals surface area contributed by atoms with Gasteiger partial charge >= 0.3 is 0 Å². The van der Waals surface area contributed by atoms with Crippen LogP contribution in [-0.2, 0) is 6.42 Å². The van der Waals surface area contributed by atoms with E-state index < -0.39 is 0 Å². The summed E-state index contributed by atoms with van der Waals surface area (Å²) < 4.78 is 1.91. The molecule has 0 bridgehead atoms. The molecule has 15 heavy (non-hydrogen) atoms. The van der Waals surface area contributed by atoms with Crippen LogP contribution >= 0.6 is 11.6 Å². The molecular weight excluding hydrogens is 212 g/mol. The highest BCUT2D eigenvalue weighted by Gasteiger charge is 2.08. The Balaban J connectivity index is 2.42. The Morgan fingerprint density at radius 2 is 2.27 bits per heavy atom. The van der Waals surface area contributed by atoms with Gasteiger partial charge in [0.15, 0.2) is 0 Å². The van der Waals surface area contributed by atoms with E-state index in [9.17, 15) is 5.11 Å². The maximum atomic E-state index is 9.67. The number of alkyl halides is 1. The SMILES string of the molecule is CC(C)n1ccc(CC(O)CCCCl)n1. The molecule has 86 valence electrons. The van der Waals surface area contributed by atoms with Crippen LogP contribution < -0.4 is 0 Å². The molecule has 0 saturated heterocycles. The summed E-state index contributed by atoms with van der Waals surface area (Å²) in [4.78, 5) is 0. The van der Waals surface area contributed by atoms with Crippen LogP contribution in [0.1, 0.15) is 38.4 Å². The highest BCUT2D eigenvalue weighted by atomic mass is 35.5. The van der Waals surface area contributed by atoms with Gasteiger partial charge in [-0.2, -0.15) is 5.10 Å². The van der Waals surface area contributed by atoms with Crippen molar-refractivity contribution in [1.82, 2.24) is 9.78 Å². The van der Waals surface area contributed by atoms with Crippen molar-refractivity contribution in [3.8, 4) is 0 Å². The van der Waals surface area contributed by atoms with Gasteiger partial charge < -0.3 is 5.11 Å². The molecule has 0 saturated carbocycles. The summed E-state index contributed by atoms with van der Waals surface area (Å²) in [6, 6.07) is 2.34. The summed E-state index contributed by atoms with van der Waals surface area (Å²) in [6.07, 6.45) is 3.86. The van der Waals surface area contributed by atoms with Crippen molar-refractivity contribution in [2.45, 2.75) is 45.3 Å². The van der Waals surface area contributed by atoms with Crippen molar-refractivity contribution >= 4 is 11.6 Å². The smallest absolute Gasteiger partial charge is 0.0650 e. The summed E-state index contributed by atoms with van der Waals surface area (Å²) in [5, 5.41) is 14.1. The van der Waals surface area contributed by atoms with E-state index in [0.717, 1.165) is 18.5 Å². The molecule has 1 heterocycles. The molecule has 0 aliphatic rings. The number of rotatable bonds is 6. The zero-order valence-electron chi connectivity index (χ0n) is 9.36. The van der Waals surface area contributed by atoms with Crippen LogP contribution in [0.5, 0.6) is 0 Å². The lowest BCUT2D eigenvalue weighted by Crippen LogP contribution is -2.11. The number of aromatic nitrogens is 2. The molecule has 0 fully saturated rings. The van der Waals surface area contributed by atoms with Crippen LogP contribution in [-0.4, -0.2) is 26.9 Å². The van der Waals surface area contributed by atoms with Crippen LogP contribution in [0.4, 0.5) is 0 Å². The lowest BCUT2D eigenvalue weighted by Gasteiger charge is -2.07. The molecule has 1 aromatic rings. The molecule has 1 N–H and O–H groups in total. The number of hydrogen-bond acceptors (Lipinski definition) is 2. The zero-order valence-corrected chi connectivity index (χ0v) is 10.1. The van der Waals surface area contributed by atoms with Crippen LogP contribution in [0.3, 0.4) is 0 Å². The van der Waals surface area contributed by atoms with Gasteiger partial charge in [0.1, 0.15) is 0 Å². The first-order valence-corrected chi connectivity index (χ1v) is 5.95. The van der Waals surface area contributed by atoms with Crippen molar-refractivity contribution in [3.05, 3.63) is 18.0 Å². The maximum absolute atomic E-state index is 9.67. The number of aliphatic hydroxyl groups is 1. The van der Waals surface area contributed by atoms with Gasteiger partial charge in [-0.05, 0) is 32.8 Å². The van der Waals surface area contributed by atoms with Gasteiger partial charge in [-0.25, -0.2) is 0 Å². The van der Waals surface area contributed by atoms with Crippen molar-refractivity contribution < 1.29 is 5.11 Å². The van der Waals surface area contributed by atoms with E-state index in [0.29, 0.717) is 18.3 Å². The summed E-state index contributed by atoms with van der Waals surface area (Å²) in [5.41, 5.74) is 0.950.